The number of amides is 1. The van der Waals surface area contributed by atoms with E-state index in [1.165, 1.54) is 12.1 Å². The van der Waals surface area contributed by atoms with Crippen LogP contribution < -0.4 is 5.32 Å². The van der Waals surface area contributed by atoms with Crippen LogP contribution in [0, 0.1) is 25.6 Å². The van der Waals surface area contributed by atoms with Gasteiger partial charge in [-0.15, -0.1) is 0 Å². The smallest absolute Gasteiger partial charge is 0.255 e. The van der Waals surface area contributed by atoms with Crippen LogP contribution in [-0.4, -0.2) is 59.5 Å². The van der Waals surface area contributed by atoms with E-state index in [2.05, 4.69) is 29.2 Å². The third-order valence-electron chi connectivity index (χ3n) is 6.17. The summed E-state index contributed by atoms with van der Waals surface area (Å²) in [5, 5.41) is 7.69. The predicted molar refractivity (Wildman–Crippen MR) is 116 cm³/mol. The Morgan fingerprint density at radius 1 is 1.17 bits per heavy atom. The zero-order valence-corrected chi connectivity index (χ0v) is 18.4. The highest BCUT2D eigenvalue weighted by molar-refractivity contribution is 5.96. The number of halogens is 1. The Kier molecular flexibility index (Phi) is 7.61. The van der Waals surface area contributed by atoms with Gasteiger partial charge in [-0.25, -0.2) is 9.07 Å². The minimum Gasteiger partial charge on any atom is -0.379 e. The quantitative estimate of drug-likeness (QED) is 0.716. The predicted octanol–water partition coefficient (Wildman–Crippen LogP) is 3.50. The van der Waals surface area contributed by atoms with E-state index in [0.717, 1.165) is 50.5 Å². The summed E-state index contributed by atoms with van der Waals surface area (Å²) in [6, 6.07) is 6.42. The van der Waals surface area contributed by atoms with Crippen molar-refractivity contribution in [1.82, 2.24) is 20.0 Å². The normalized spacial score (nSPS) is 16.1. The molecule has 1 N–H and O–H groups in total. The Morgan fingerprint density at radius 3 is 2.40 bits per heavy atom. The van der Waals surface area contributed by atoms with Gasteiger partial charge in [0, 0.05) is 25.7 Å². The molecule has 164 valence electrons. The van der Waals surface area contributed by atoms with Crippen LogP contribution in [-0.2, 0) is 4.74 Å². The summed E-state index contributed by atoms with van der Waals surface area (Å²) in [7, 11) is 0. The third kappa shape index (κ3) is 4.90. The lowest BCUT2D eigenvalue weighted by Gasteiger charge is -2.38. The SMILES string of the molecule is CCC(CC)C(CNC(=O)c1c(C)nn(-c2ccc(F)cc2)c1C)N1CCOCC1. The molecule has 2 heterocycles. The molecule has 1 aliphatic heterocycles. The van der Waals surface area contributed by atoms with Gasteiger partial charge in [0.1, 0.15) is 5.82 Å². The number of hydrogen-bond donors (Lipinski definition) is 1. The van der Waals surface area contributed by atoms with Gasteiger partial charge in [-0.1, -0.05) is 26.7 Å². The van der Waals surface area contributed by atoms with Crippen LogP contribution in [0.4, 0.5) is 4.39 Å². The van der Waals surface area contributed by atoms with Crippen molar-refractivity contribution in [2.24, 2.45) is 5.92 Å². The molecular formula is C23H33FN4O2. The minimum atomic E-state index is -0.297. The van der Waals surface area contributed by atoms with Crippen LogP contribution in [0.1, 0.15) is 48.4 Å². The van der Waals surface area contributed by atoms with Gasteiger partial charge >= 0.3 is 0 Å². The molecular weight excluding hydrogens is 383 g/mol. The van der Waals surface area contributed by atoms with Gasteiger partial charge in [-0.2, -0.15) is 5.10 Å². The number of carbonyl (C=O) groups is 1. The van der Waals surface area contributed by atoms with Crippen molar-refractivity contribution in [3.63, 3.8) is 0 Å². The fraction of sp³-hybridized carbons (Fsp3) is 0.565. The van der Waals surface area contributed by atoms with Crippen LogP contribution >= 0.6 is 0 Å². The average molecular weight is 417 g/mol. The van der Waals surface area contributed by atoms with Gasteiger partial charge in [-0.3, -0.25) is 9.69 Å². The number of morpholine rings is 1. The number of carbonyl (C=O) groups excluding carboxylic acids is 1. The Labute approximate surface area is 178 Å². The van der Waals surface area contributed by atoms with E-state index in [9.17, 15) is 9.18 Å². The Hall–Kier alpha value is -2.25. The standard InChI is InChI=1S/C23H33FN4O2/c1-5-18(6-2)21(27-11-13-30-14-12-27)15-25-23(29)22-16(3)26-28(17(22)4)20-9-7-19(24)8-10-20/h7-10,18,21H,5-6,11-15H2,1-4H3,(H,25,29). The maximum absolute atomic E-state index is 13.3. The molecule has 1 fully saturated rings. The summed E-state index contributed by atoms with van der Waals surface area (Å²) in [5.74, 6) is 0.115. The van der Waals surface area contributed by atoms with E-state index < -0.39 is 0 Å². The van der Waals surface area contributed by atoms with Gasteiger partial charge in [-0.05, 0) is 44.0 Å². The number of benzene rings is 1. The first-order chi connectivity index (χ1) is 14.5. The molecule has 0 bridgehead atoms. The number of nitrogens with zero attached hydrogens (tertiary/aromatic N) is 3. The largest absolute Gasteiger partial charge is 0.379 e. The van der Waals surface area contributed by atoms with Crippen LogP contribution in [0.15, 0.2) is 24.3 Å². The summed E-state index contributed by atoms with van der Waals surface area (Å²) in [6.07, 6.45) is 2.16. The lowest BCUT2D eigenvalue weighted by molar-refractivity contribution is 0.00191. The maximum atomic E-state index is 13.3. The number of aromatic nitrogens is 2. The number of aryl methyl sites for hydroxylation is 1. The van der Waals surface area contributed by atoms with Crippen molar-refractivity contribution in [3.05, 3.63) is 47.0 Å². The van der Waals surface area contributed by atoms with E-state index >= 15 is 0 Å². The fourth-order valence-corrected chi connectivity index (χ4v) is 4.43. The monoisotopic (exact) mass is 416 g/mol. The molecule has 2 aromatic rings. The molecule has 7 heteroatoms. The van der Waals surface area contributed by atoms with Gasteiger partial charge in [0.2, 0.25) is 0 Å². The highest BCUT2D eigenvalue weighted by Crippen LogP contribution is 2.21. The van der Waals surface area contributed by atoms with Crippen molar-refractivity contribution >= 4 is 5.91 Å². The molecule has 1 unspecified atom stereocenters. The van der Waals surface area contributed by atoms with E-state index in [0.29, 0.717) is 29.8 Å². The molecule has 6 nitrogen and oxygen atoms in total. The third-order valence-corrected chi connectivity index (χ3v) is 6.17. The minimum absolute atomic E-state index is 0.109. The molecule has 1 amide bonds. The van der Waals surface area contributed by atoms with Crippen LogP contribution in [0.5, 0.6) is 0 Å². The van der Waals surface area contributed by atoms with Gasteiger partial charge in [0.15, 0.2) is 0 Å². The molecule has 1 atom stereocenters. The Bertz CT molecular complexity index is 840. The summed E-state index contributed by atoms with van der Waals surface area (Å²) >= 11 is 0. The Balaban J connectivity index is 1.76. The summed E-state index contributed by atoms with van der Waals surface area (Å²) in [6.45, 7) is 12.0. The molecule has 30 heavy (non-hydrogen) atoms. The van der Waals surface area contributed by atoms with E-state index in [4.69, 9.17) is 4.74 Å². The van der Waals surface area contributed by atoms with E-state index in [-0.39, 0.29) is 11.7 Å². The highest BCUT2D eigenvalue weighted by atomic mass is 19.1. The summed E-state index contributed by atoms with van der Waals surface area (Å²) in [4.78, 5) is 15.6. The van der Waals surface area contributed by atoms with Gasteiger partial charge in [0.25, 0.3) is 5.91 Å². The first-order valence-corrected chi connectivity index (χ1v) is 10.9. The van der Waals surface area contributed by atoms with Crippen molar-refractivity contribution in [3.8, 4) is 5.69 Å². The van der Waals surface area contributed by atoms with E-state index in [1.807, 2.05) is 13.8 Å². The molecule has 3 rings (SSSR count). The average Bonchev–Trinajstić information content (AvgIpc) is 3.06. The molecule has 1 aromatic carbocycles. The lowest BCUT2D eigenvalue weighted by Crippen LogP contribution is -2.52. The second kappa shape index (κ2) is 10.2. The second-order valence-electron chi connectivity index (χ2n) is 7.94. The molecule has 1 aromatic heterocycles. The maximum Gasteiger partial charge on any atom is 0.255 e. The van der Waals surface area contributed by atoms with Gasteiger partial charge in [0.05, 0.1) is 35.9 Å². The van der Waals surface area contributed by atoms with Crippen LogP contribution in [0.2, 0.25) is 0 Å². The Morgan fingerprint density at radius 2 is 1.80 bits per heavy atom. The summed E-state index contributed by atoms with van der Waals surface area (Å²) < 4.78 is 20.5. The summed E-state index contributed by atoms with van der Waals surface area (Å²) in [5.41, 5.74) is 2.74. The molecule has 1 saturated heterocycles. The zero-order valence-electron chi connectivity index (χ0n) is 18.4. The lowest BCUT2D eigenvalue weighted by atomic mass is 9.92. The number of hydrogen-bond acceptors (Lipinski definition) is 4. The highest BCUT2D eigenvalue weighted by Gasteiger charge is 2.28. The second-order valence-corrected chi connectivity index (χ2v) is 7.94. The van der Waals surface area contributed by atoms with Crippen LogP contribution in [0.3, 0.4) is 0 Å². The topological polar surface area (TPSA) is 59.4 Å². The number of rotatable bonds is 8. The number of ether oxygens (including phenoxy) is 1. The zero-order chi connectivity index (χ0) is 21.7. The first kappa shape index (κ1) is 22.4. The van der Waals surface area contributed by atoms with Crippen molar-refractivity contribution in [1.29, 1.82) is 0 Å². The number of nitrogens with one attached hydrogen (secondary N) is 1. The van der Waals surface area contributed by atoms with Crippen LogP contribution in [0.25, 0.3) is 5.69 Å². The van der Waals surface area contributed by atoms with Crippen molar-refractivity contribution in [2.75, 3.05) is 32.8 Å². The molecule has 0 spiro atoms. The van der Waals surface area contributed by atoms with Crippen molar-refractivity contribution in [2.45, 2.75) is 46.6 Å². The van der Waals surface area contributed by atoms with Gasteiger partial charge < -0.3 is 10.1 Å². The molecule has 0 aliphatic carbocycles. The molecule has 0 radical (unpaired) electrons. The first-order valence-electron chi connectivity index (χ1n) is 10.9. The fourth-order valence-electron chi connectivity index (χ4n) is 4.43. The van der Waals surface area contributed by atoms with Crippen molar-refractivity contribution < 1.29 is 13.9 Å². The molecule has 1 aliphatic rings. The van der Waals surface area contributed by atoms with E-state index in [1.54, 1.807) is 16.8 Å². The molecule has 0 saturated carbocycles.